The first-order chi connectivity index (χ1) is 15.0. The first-order valence-electron chi connectivity index (χ1n) is 10.6. The molecule has 0 unspecified atom stereocenters. The standard InChI is InChI=1S/C24H30N2O5/c1-4-5-6-7-23(27)25-19-10-11-21-20(15-19)26(12-13-31-21)16-18-9-8-17(24(28)30-3)14-22(18)29-2/h8-11,14-15H,4-7,12-13,16H2,1-3H3,(H,25,27). The van der Waals surface area contributed by atoms with Crippen LogP contribution < -0.4 is 19.7 Å². The van der Waals surface area contributed by atoms with Crippen molar-refractivity contribution in [1.82, 2.24) is 0 Å². The van der Waals surface area contributed by atoms with Crippen LogP contribution in [-0.2, 0) is 16.1 Å². The fraction of sp³-hybridized carbons (Fsp3) is 0.417. The van der Waals surface area contributed by atoms with Gasteiger partial charge in [0.05, 0.1) is 32.0 Å². The molecule has 31 heavy (non-hydrogen) atoms. The molecule has 0 atom stereocenters. The number of methoxy groups -OCH3 is 2. The fourth-order valence-corrected chi connectivity index (χ4v) is 3.60. The number of rotatable bonds is 9. The zero-order valence-electron chi connectivity index (χ0n) is 18.4. The van der Waals surface area contributed by atoms with Crippen molar-refractivity contribution in [2.45, 2.75) is 39.2 Å². The van der Waals surface area contributed by atoms with Crippen molar-refractivity contribution >= 4 is 23.3 Å². The van der Waals surface area contributed by atoms with Crippen LogP contribution in [0.5, 0.6) is 11.5 Å². The highest BCUT2D eigenvalue weighted by atomic mass is 16.5. The summed E-state index contributed by atoms with van der Waals surface area (Å²) < 4.78 is 16.1. The van der Waals surface area contributed by atoms with E-state index >= 15 is 0 Å². The first-order valence-corrected chi connectivity index (χ1v) is 10.6. The number of unbranched alkanes of at least 4 members (excludes halogenated alkanes) is 2. The van der Waals surface area contributed by atoms with E-state index < -0.39 is 5.97 Å². The summed E-state index contributed by atoms with van der Waals surface area (Å²) in [6, 6.07) is 11.0. The Morgan fingerprint density at radius 3 is 2.71 bits per heavy atom. The molecule has 1 amide bonds. The average Bonchev–Trinajstić information content (AvgIpc) is 2.79. The van der Waals surface area contributed by atoms with Crippen molar-refractivity contribution in [2.24, 2.45) is 0 Å². The number of benzene rings is 2. The van der Waals surface area contributed by atoms with Gasteiger partial charge in [0.2, 0.25) is 5.91 Å². The van der Waals surface area contributed by atoms with Gasteiger partial charge in [-0.25, -0.2) is 4.79 Å². The summed E-state index contributed by atoms with van der Waals surface area (Å²) in [6.45, 7) is 3.96. The molecule has 7 nitrogen and oxygen atoms in total. The van der Waals surface area contributed by atoms with Crippen LogP contribution in [-0.4, -0.2) is 39.2 Å². The highest BCUT2D eigenvalue weighted by molar-refractivity contribution is 5.92. The third-order valence-electron chi connectivity index (χ3n) is 5.28. The van der Waals surface area contributed by atoms with Gasteiger partial charge < -0.3 is 24.4 Å². The molecule has 1 heterocycles. The van der Waals surface area contributed by atoms with Crippen molar-refractivity contribution in [1.29, 1.82) is 0 Å². The number of hydrogen-bond acceptors (Lipinski definition) is 6. The van der Waals surface area contributed by atoms with Gasteiger partial charge in [-0.2, -0.15) is 0 Å². The number of amides is 1. The molecule has 0 fully saturated rings. The molecule has 0 aromatic heterocycles. The van der Waals surface area contributed by atoms with Crippen molar-refractivity contribution < 1.29 is 23.8 Å². The lowest BCUT2D eigenvalue weighted by Crippen LogP contribution is -2.32. The van der Waals surface area contributed by atoms with Crippen molar-refractivity contribution in [3.63, 3.8) is 0 Å². The molecule has 1 aliphatic heterocycles. The van der Waals surface area contributed by atoms with Crippen LogP contribution in [0.4, 0.5) is 11.4 Å². The Morgan fingerprint density at radius 2 is 1.97 bits per heavy atom. The summed E-state index contributed by atoms with van der Waals surface area (Å²) in [5.41, 5.74) is 3.05. The largest absolute Gasteiger partial charge is 0.496 e. The molecule has 1 N–H and O–H groups in total. The number of ether oxygens (including phenoxy) is 3. The van der Waals surface area contributed by atoms with E-state index in [4.69, 9.17) is 14.2 Å². The lowest BCUT2D eigenvalue weighted by atomic mass is 10.1. The fourth-order valence-electron chi connectivity index (χ4n) is 3.60. The van der Waals surface area contributed by atoms with Gasteiger partial charge in [0.15, 0.2) is 0 Å². The summed E-state index contributed by atoms with van der Waals surface area (Å²) in [7, 11) is 2.94. The van der Waals surface area contributed by atoms with Gasteiger partial charge in [0.1, 0.15) is 18.1 Å². The molecule has 2 aromatic carbocycles. The summed E-state index contributed by atoms with van der Waals surface area (Å²) in [4.78, 5) is 26.2. The second kappa shape index (κ2) is 10.7. The highest BCUT2D eigenvalue weighted by Crippen LogP contribution is 2.36. The van der Waals surface area contributed by atoms with Crippen molar-refractivity contribution in [2.75, 3.05) is 37.6 Å². The second-order valence-electron chi connectivity index (χ2n) is 7.48. The minimum absolute atomic E-state index is 0.0248. The molecule has 0 saturated heterocycles. The molecule has 0 aliphatic carbocycles. The Morgan fingerprint density at radius 1 is 1.13 bits per heavy atom. The average molecular weight is 427 g/mol. The SMILES string of the molecule is CCCCCC(=O)Nc1ccc2c(c1)N(Cc1ccc(C(=O)OC)cc1OC)CCO2. The number of fused-ring (bicyclic) bond motifs is 1. The molecule has 0 radical (unpaired) electrons. The molecule has 1 aliphatic rings. The first kappa shape index (κ1) is 22.5. The Labute approximate surface area is 183 Å². The van der Waals surface area contributed by atoms with E-state index in [1.54, 1.807) is 19.2 Å². The van der Waals surface area contributed by atoms with Crippen LogP contribution in [0.3, 0.4) is 0 Å². The van der Waals surface area contributed by atoms with E-state index in [9.17, 15) is 9.59 Å². The molecule has 3 rings (SSSR count). The van der Waals surface area contributed by atoms with E-state index in [0.717, 1.165) is 42.0 Å². The van der Waals surface area contributed by atoms with Crippen LogP contribution in [0, 0.1) is 0 Å². The zero-order chi connectivity index (χ0) is 22.2. The van der Waals surface area contributed by atoms with Gasteiger partial charge in [-0.1, -0.05) is 25.8 Å². The van der Waals surface area contributed by atoms with Crippen LogP contribution >= 0.6 is 0 Å². The summed E-state index contributed by atoms with van der Waals surface area (Å²) >= 11 is 0. The van der Waals surface area contributed by atoms with Crippen LogP contribution in [0.1, 0.15) is 48.5 Å². The predicted octanol–water partition coefficient (Wildman–Crippen LogP) is 4.40. The van der Waals surface area contributed by atoms with E-state index in [-0.39, 0.29) is 5.91 Å². The number of nitrogens with one attached hydrogen (secondary N) is 1. The molecule has 0 saturated carbocycles. The number of hydrogen-bond donors (Lipinski definition) is 1. The summed E-state index contributed by atoms with van der Waals surface area (Å²) in [5.74, 6) is 1.02. The monoisotopic (exact) mass is 426 g/mol. The summed E-state index contributed by atoms with van der Waals surface area (Å²) in [6.07, 6.45) is 3.55. The zero-order valence-corrected chi connectivity index (χ0v) is 18.4. The number of esters is 1. The lowest BCUT2D eigenvalue weighted by molar-refractivity contribution is -0.116. The molecular weight excluding hydrogens is 396 g/mol. The topological polar surface area (TPSA) is 77.1 Å². The molecule has 7 heteroatoms. The Hall–Kier alpha value is -3.22. The number of carbonyl (C=O) groups is 2. The third kappa shape index (κ3) is 5.69. The van der Waals surface area contributed by atoms with E-state index in [2.05, 4.69) is 17.1 Å². The lowest BCUT2D eigenvalue weighted by Gasteiger charge is -2.32. The predicted molar refractivity (Wildman–Crippen MR) is 120 cm³/mol. The smallest absolute Gasteiger partial charge is 0.337 e. The summed E-state index contributed by atoms with van der Waals surface area (Å²) in [5, 5.41) is 2.99. The molecule has 0 bridgehead atoms. The van der Waals surface area contributed by atoms with Crippen LogP contribution in [0.15, 0.2) is 36.4 Å². The van der Waals surface area contributed by atoms with Gasteiger partial charge in [-0.15, -0.1) is 0 Å². The minimum atomic E-state index is -0.402. The number of nitrogens with zero attached hydrogens (tertiary/aromatic N) is 1. The van der Waals surface area contributed by atoms with Gasteiger partial charge in [0.25, 0.3) is 0 Å². The molecule has 0 spiro atoms. The minimum Gasteiger partial charge on any atom is -0.496 e. The van der Waals surface area contributed by atoms with Gasteiger partial charge >= 0.3 is 5.97 Å². The number of anilines is 2. The quantitative estimate of drug-likeness (QED) is 0.473. The van der Waals surface area contributed by atoms with Gasteiger partial charge in [0, 0.05) is 24.2 Å². The van der Waals surface area contributed by atoms with Gasteiger partial charge in [-0.3, -0.25) is 4.79 Å². The van der Waals surface area contributed by atoms with Crippen LogP contribution in [0.25, 0.3) is 0 Å². The normalized spacial score (nSPS) is 12.5. The van der Waals surface area contributed by atoms with Crippen molar-refractivity contribution in [3.8, 4) is 11.5 Å². The molecular formula is C24H30N2O5. The Bertz CT molecular complexity index is 928. The molecule has 166 valence electrons. The Balaban J connectivity index is 1.78. The number of carbonyl (C=O) groups excluding carboxylic acids is 2. The van der Waals surface area contributed by atoms with Gasteiger partial charge in [-0.05, 0) is 36.8 Å². The highest BCUT2D eigenvalue weighted by Gasteiger charge is 2.21. The maximum absolute atomic E-state index is 12.2. The van der Waals surface area contributed by atoms with E-state index in [1.165, 1.54) is 7.11 Å². The third-order valence-corrected chi connectivity index (χ3v) is 5.28. The maximum Gasteiger partial charge on any atom is 0.337 e. The maximum atomic E-state index is 12.2. The second-order valence-corrected chi connectivity index (χ2v) is 7.48. The Kier molecular flexibility index (Phi) is 7.76. The van der Waals surface area contributed by atoms with E-state index in [1.807, 2.05) is 24.3 Å². The van der Waals surface area contributed by atoms with E-state index in [0.29, 0.717) is 37.4 Å². The van der Waals surface area contributed by atoms with Crippen molar-refractivity contribution in [3.05, 3.63) is 47.5 Å². The molecule has 2 aromatic rings. The van der Waals surface area contributed by atoms with Crippen LogP contribution in [0.2, 0.25) is 0 Å².